The van der Waals surface area contributed by atoms with Gasteiger partial charge in [-0.1, -0.05) is 18.5 Å². The van der Waals surface area contributed by atoms with E-state index in [0.717, 1.165) is 48.2 Å². The fourth-order valence-electron chi connectivity index (χ4n) is 3.23. The summed E-state index contributed by atoms with van der Waals surface area (Å²) >= 11 is 7.98. The molecule has 2 aromatic heterocycles. The molecule has 8 heteroatoms. The molecule has 27 heavy (non-hydrogen) atoms. The first-order valence-corrected chi connectivity index (χ1v) is 10.3. The van der Waals surface area contributed by atoms with Gasteiger partial charge in [0.15, 0.2) is 0 Å². The second kappa shape index (κ2) is 7.78. The van der Waals surface area contributed by atoms with Gasteiger partial charge in [-0.2, -0.15) is 0 Å². The number of likely N-dealkylation sites (tertiary alicyclic amines) is 1. The predicted molar refractivity (Wildman–Crippen MR) is 108 cm³/mol. The summed E-state index contributed by atoms with van der Waals surface area (Å²) in [7, 11) is 0. The third-order valence-corrected chi connectivity index (χ3v) is 5.75. The lowest BCUT2D eigenvalue weighted by Gasteiger charge is -2.30. The molecule has 4 rings (SSSR count). The van der Waals surface area contributed by atoms with Crippen molar-refractivity contribution < 1.29 is 9.53 Å². The Morgan fingerprint density at radius 3 is 2.96 bits per heavy atom. The molecule has 0 spiro atoms. The highest BCUT2D eigenvalue weighted by molar-refractivity contribution is 7.07. The van der Waals surface area contributed by atoms with Crippen molar-refractivity contribution in [1.82, 2.24) is 20.2 Å². The molecule has 1 saturated heterocycles. The maximum Gasteiger partial charge on any atom is 0.317 e. The molecule has 0 radical (unpaired) electrons. The van der Waals surface area contributed by atoms with E-state index in [-0.39, 0.29) is 6.03 Å². The molecule has 0 bridgehead atoms. The first kappa shape index (κ1) is 18.1. The third-order valence-electron chi connectivity index (χ3n) is 4.82. The Hall–Kier alpha value is -2.25. The van der Waals surface area contributed by atoms with Gasteiger partial charge in [0.25, 0.3) is 0 Å². The van der Waals surface area contributed by atoms with E-state index < -0.39 is 0 Å². The topological polar surface area (TPSA) is 70.2 Å². The number of halogens is 1. The number of carbonyl (C=O) groups excluding carboxylic acids is 1. The molecule has 1 aliphatic heterocycles. The number of benzene rings is 1. The number of hydrogen-bond acceptors (Lipinski definition) is 4. The van der Waals surface area contributed by atoms with Crippen LogP contribution in [-0.2, 0) is 19.6 Å². The number of fused-ring (bicyclic) bond motifs is 1. The molecule has 1 fully saturated rings. The van der Waals surface area contributed by atoms with Crippen LogP contribution in [0.15, 0.2) is 23.0 Å². The summed E-state index contributed by atoms with van der Waals surface area (Å²) in [6.45, 7) is 4.64. The lowest BCUT2D eigenvalue weighted by Crippen LogP contribution is -2.47. The minimum atomic E-state index is -0.00715. The van der Waals surface area contributed by atoms with Crippen molar-refractivity contribution in [2.24, 2.45) is 0 Å². The Morgan fingerprint density at radius 1 is 1.44 bits per heavy atom. The van der Waals surface area contributed by atoms with Crippen molar-refractivity contribution in [3.05, 3.63) is 45.0 Å². The maximum atomic E-state index is 12.1. The summed E-state index contributed by atoms with van der Waals surface area (Å²) in [4.78, 5) is 21.5. The lowest BCUT2D eigenvalue weighted by atomic mass is 10.1. The van der Waals surface area contributed by atoms with E-state index in [1.54, 1.807) is 5.51 Å². The van der Waals surface area contributed by atoms with Crippen LogP contribution < -0.4 is 10.1 Å². The van der Waals surface area contributed by atoms with E-state index in [1.165, 1.54) is 16.9 Å². The number of aryl methyl sites for hydroxylation is 1. The monoisotopic (exact) mass is 404 g/mol. The van der Waals surface area contributed by atoms with Gasteiger partial charge in [0.05, 0.1) is 22.8 Å². The number of ether oxygens (including phenoxy) is 1. The maximum absolute atomic E-state index is 12.1. The van der Waals surface area contributed by atoms with Crippen molar-refractivity contribution in [2.75, 3.05) is 13.1 Å². The van der Waals surface area contributed by atoms with E-state index in [1.807, 2.05) is 22.4 Å². The first-order valence-electron chi connectivity index (χ1n) is 9.01. The number of aromatic nitrogens is 2. The van der Waals surface area contributed by atoms with Crippen LogP contribution in [0.4, 0.5) is 4.79 Å². The van der Waals surface area contributed by atoms with E-state index in [9.17, 15) is 4.79 Å². The number of thiazole rings is 1. The Bertz CT molecular complexity index is 950. The summed E-state index contributed by atoms with van der Waals surface area (Å²) in [5.41, 5.74) is 5.79. The Labute approximate surface area is 166 Å². The molecule has 142 valence electrons. The summed E-state index contributed by atoms with van der Waals surface area (Å²) < 4.78 is 5.84. The standard InChI is InChI=1S/C19H21ClN4O2S/c1-2-13-14-6-15(20)18(26-9-12-10-27-11-22-12)7-16(14)23-17(13)8-21-19(25)24-4-3-5-24/h6-7,10-11,23H,2-5,8-9H2,1H3,(H,21,25). The lowest BCUT2D eigenvalue weighted by molar-refractivity contribution is 0.167. The Balaban J connectivity index is 1.54. The second-order valence-corrected chi connectivity index (χ2v) is 7.66. The minimum Gasteiger partial charge on any atom is -0.486 e. The van der Waals surface area contributed by atoms with E-state index in [4.69, 9.17) is 16.3 Å². The zero-order chi connectivity index (χ0) is 18.8. The van der Waals surface area contributed by atoms with Crippen LogP contribution in [0.2, 0.25) is 5.02 Å². The predicted octanol–water partition coefficient (Wildman–Crippen LogP) is 4.33. The van der Waals surface area contributed by atoms with Gasteiger partial charge < -0.3 is 19.9 Å². The Kier molecular flexibility index (Phi) is 5.22. The van der Waals surface area contributed by atoms with Crippen molar-refractivity contribution in [3.8, 4) is 5.75 Å². The van der Waals surface area contributed by atoms with Gasteiger partial charge in [0.2, 0.25) is 0 Å². The summed E-state index contributed by atoms with van der Waals surface area (Å²) in [5, 5.41) is 6.59. The smallest absolute Gasteiger partial charge is 0.317 e. The van der Waals surface area contributed by atoms with Gasteiger partial charge in [0.1, 0.15) is 12.4 Å². The van der Waals surface area contributed by atoms with E-state index in [2.05, 4.69) is 22.2 Å². The van der Waals surface area contributed by atoms with Gasteiger partial charge in [-0.15, -0.1) is 11.3 Å². The number of rotatable bonds is 6. The zero-order valence-corrected chi connectivity index (χ0v) is 16.6. The third kappa shape index (κ3) is 3.75. The number of urea groups is 1. The van der Waals surface area contributed by atoms with Gasteiger partial charge in [0, 0.05) is 41.1 Å². The normalized spacial score (nSPS) is 13.6. The average molecular weight is 405 g/mol. The highest BCUT2D eigenvalue weighted by Crippen LogP contribution is 2.33. The SMILES string of the molecule is CCc1c(CNC(=O)N2CCC2)[nH]c2cc(OCc3cscn3)c(Cl)cc12. The van der Waals surface area contributed by atoms with Crippen LogP contribution in [0.5, 0.6) is 5.75 Å². The van der Waals surface area contributed by atoms with Crippen LogP contribution in [0.1, 0.15) is 30.3 Å². The summed E-state index contributed by atoms with van der Waals surface area (Å²) in [6, 6.07) is 3.85. The number of amides is 2. The van der Waals surface area contributed by atoms with Gasteiger partial charge in [-0.25, -0.2) is 9.78 Å². The van der Waals surface area contributed by atoms with E-state index in [0.29, 0.717) is 23.9 Å². The summed E-state index contributed by atoms with van der Waals surface area (Å²) in [5.74, 6) is 0.622. The highest BCUT2D eigenvalue weighted by Gasteiger charge is 2.20. The molecule has 0 aliphatic carbocycles. The second-order valence-electron chi connectivity index (χ2n) is 6.53. The van der Waals surface area contributed by atoms with Crippen molar-refractivity contribution in [1.29, 1.82) is 0 Å². The van der Waals surface area contributed by atoms with Crippen molar-refractivity contribution in [2.45, 2.75) is 32.9 Å². The molecule has 6 nitrogen and oxygen atoms in total. The van der Waals surface area contributed by atoms with Crippen LogP contribution >= 0.6 is 22.9 Å². The van der Waals surface area contributed by atoms with E-state index >= 15 is 0 Å². The van der Waals surface area contributed by atoms with Crippen molar-refractivity contribution >= 4 is 39.9 Å². The number of carbonyl (C=O) groups is 1. The largest absolute Gasteiger partial charge is 0.486 e. The number of hydrogen-bond donors (Lipinski definition) is 2. The zero-order valence-electron chi connectivity index (χ0n) is 15.0. The molecule has 0 unspecified atom stereocenters. The van der Waals surface area contributed by atoms with Crippen LogP contribution in [-0.4, -0.2) is 34.0 Å². The molecule has 1 aromatic carbocycles. The molecule has 0 saturated carbocycles. The quantitative estimate of drug-likeness (QED) is 0.642. The van der Waals surface area contributed by atoms with Crippen molar-refractivity contribution in [3.63, 3.8) is 0 Å². The number of nitrogens with one attached hydrogen (secondary N) is 2. The molecule has 3 heterocycles. The van der Waals surface area contributed by atoms with Gasteiger partial charge in [-0.3, -0.25) is 0 Å². The molecule has 3 aromatic rings. The number of aromatic amines is 1. The van der Waals surface area contributed by atoms with Gasteiger partial charge in [-0.05, 0) is 24.5 Å². The fraction of sp³-hybridized carbons (Fsp3) is 0.368. The average Bonchev–Trinajstić information content (AvgIpc) is 3.23. The van der Waals surface area contributed by atoms with Crippen LogP contribution in [0.3, 0.4) is 0 Å². The molecule has 2 amide bonds. The first-order chi connectivity index (χ1) is 13.2. The van der Waals surface area contributed by atoms with Crippen LogP contribution in [0.25, 0.3) is 10.9 Å². The molecular formula is C19H21ClN4O2S. The molecule has 2 N–H and O–H groups in total. The van der Waals surface area contributed by atoms with Gasteiger partial charge >= 0.3 is 6.03 Å². The number of H-pyrrole nitrogens is 1. The fourth-order valence-corrected chi connectivity index (χ4v) is 3.99. The minimum absolute atomic E-state index is 0.00715. The highest BCUT2D eigenvalue weighted by atomic mass is 35.5. The molecular weight excluding hydrogens is 384 g/mol. The van der Waals surface area contributed by atoms with Crippen LogP contribution in [0, 0.1) is 0 Å². The Morgan fingerprint density at radius 2 is 2.30 bits per heavy atom. The summed E-state index contributed by atoms with van der Waals surface area (Å²) in [6.07, 6.45) is 1.94. The molecule has 1 aliphatic rings. The molecule has 0 atom stereocenters. The number of nitrogens with zero attached hydrogens (tertiary/aromatic N) is 2.